The maximum atomic E-state index is 12.9. The quantitative estimate of drug-likeness (QED) is 0.532. The molecule has 1 nitrogen and oxygen atoms in total. The summed E-state index contributed by atoms with van der Waals surface area (Å²) in [5, 5.41) is 0. The van der Waals surface area contributed by atoms with E-state index in [1.807, 2.05) is 12.2 Å². The molecular formula is C9H7FOS. The summed E-state index contributed by atoms with van der Waals surface area (Å²) in [5.41, 5.74) is 1.25. The number of hydrogen-bond donors (Lipinski definition) is 0. The van der Waals surface area contributed by atoms with E-state index in [0.29, 0.717) is 16.9 Å². The van der Waals surface area contributed by atoms with Gasteiger partial charge in [0.25, 0.3) is 0 Å². The van der Waals surface area contributed by atoms with Crippen LogP contribution in [0.1, 0.15) is 12.8 Å². The largest absolute Gasteiger partial charge is 0.291 e. The van der Waals surface area contributed by atoms with E-state index in [4.69, 9.17) is 12.2 Å². The van der Waals surface area contributed by atoms with Crippen molar-refractivity contribution < 1.29 is 9.18 Å². The summed E-state index contributed by atoms with van der Waals surface area (Å²) in [6.45, 7) is 0. The van der Waals surface area contributed by atoms with Crippen molar-refractivity contribution in [1.29, 1.82) is 0 Å². The lowest BCUT2D eigenvalue weighted by Gasteiger charge is -2.06. The minimum absolute atomic E-state index is 0.213. The summed E-state index contributed by atoms with van der Waals surface area (Å²) in [6, 6.07) is 0. The van der Waals surface area contributed by atoms with Gasteiger partial charge >= 0.3 is 0 Å². The second kappa shape index (κ2) is 2.59. The number of hydrogen-bond acceptors (Lipinski definition) is 2. The second-order valence-electron chi connectivity index (χ2n) is 2.97. The molecule has 62 valence electrons. The van der Waals surface area contributed by atoms with E-state index >= 15 is 0 Å². The van der Waals surface area contributed by atoms with Crippen LogP contribution in [0.5, 0.6) is 0 Å². The van der Waals surface area contributed by atoms with Gasteiger partial charge in [-0.2, -0.15) is 0 Å². The zero-order valence-corrected chi connectivity index (χ0v) is 7.16. The molecule has 0 aromatic heterocycles. The van der Waals surface area contributed by atoms with Gasteiger partial charge in [0.1, 0.15) is 0 Å². The topological polar surface area (TPSA) is 17.1 Å². The average molecular weight is 182 g/mol. The van der Waals surface area contributed by atoms with Crippen LogP contribution in [0.25, 0.3) is 0 Å². The first-order valence-corrected chi connectivity index (χ1v) is 4.22. The lowest BCUT2D eigenvalue weighted by molar-refractivity contribution is -0.118. The first-order chi connectivity index (χ1) is 5.70. The zero-order chi connectivity index (χ0) is 8.72. The Bertz CT molecular complexity index is 327. The average Bonchev–Trinajstić information content (AvgIpc) is 2.29. The van der Waals surface area contributed by atoms with Gasteiger partial charge in [-0.25, -0.2) is 4.39 Å². The molecule has 0 fully saturated rings. The molecular weight excluding hydrogens is 175 g/mol. The van der Waals surface area contributed by atoms with Gasteiger partial charge in [0.15, 0.2) is 12.0 Å². The number of carbonyl (C=O) groups is 1. The summed E-state index contributed by atoms with van der Waals surface area (Å²) >= 11 is 4.98. The molecule has 0 N–H and O–H groups in total. The number of rotatable bonds is 0. The lowest BCUT2D eigenvalue weighted by atomic mass is 10.00. The summed E-state index contributed by atoms with van der Waals surface area (Å²) in [4.78, 5) is 11.8. The number of thiocarbonyl (C=S) groups is 1. The molecule has 1 unspecified atom stereocenters. The van der Waals surface area contributed by atoms with E-state index < -0.39 is 12.0 Å². The number of allylic oxidation sites excluding steroid dienone is 4. The smallest absolute Gasteiger partial charge is 0.198 e. The van der Waals surface area contributed by atoms with Crippen molar-refractivity contribution in [2.75, 3.05) is 0 Å². The van der Waals surface area contributed by atoms with Crippen LogP contribution in [0.2, 0.25) is 0 Å². The predicted molar refractivity (Wildman–Crippen MR) is 47.9 cm³/mol. The highest BCUT2D eigenvalue weighted by Crippen LogP contribution is 2.31. The Morgan fingerprint density at radius 1 is 1.58 bits per heavy atom. The maximum Gasteiger partial charge on any atom is 0.198 e. The first kappa shape index (κ1) is 7.80. The Morgan fingerprint density at radius 2 is 2.33 bits per heavy atom. The molecule has 0 amide bonds. The van der Waals surface area contributed by atoms with Gasteiger partial charge in [-0.05, 0) is 5.57 Å². The molecule has 3 heteroatoms. The molecule has 2 aliphatic rings. The fraction of sp³-hybridized carbons (Fsp3) is 0.333. The number of Topliss-reactive ketones (excluding diaryl/α,β-unsaturated/α-hetero) is 1. The Balaban J connectivity index is 2.46. The molecule has 1 atom stereocenters. The number of carbonyl (C=O) groups excluding carboxylic acids is 1. The number of alkyl halides is 1. The Morgan fingerprint density at radius 3 is 3.00 bits per heavy atom. The van der Waals surface area contributed by atoms with Gasteiger partial charge in [-0.15, -0.1) is 0 Å². The molecule has 0 radical (unpaired) electrons. The first-order valence-electron chi connectivity index (χ1n) is 3.81. The molecule has 2 rings (SSSR count). The van der Waals surface area contributed by atoms with E-state index in [1.54, 1.807) is 0 Å². The molecule has 0 saturated heterocycles. The van der Waals surface area contributed by atoms with E-state index in [-0.39, 0.29) is 6.42 Å². The van der Waals surface area contributed by atoms with Crippen molar-refractivity contribution in [3.05, 3.63) is 23.3 Å². The van der Waals surface area contributed by atoms with Gasteiger partial charge in [-0.1, -0.05) is 24.4 Å². The van der Waals surface area contributed by atoms with Crippen LogP contribution in [-0.4, -0.2) is 16.8 Å². The third-order valence-electron chi connectivity index (χ3n) is 2.15. The van der Waals surface area contributed by atoms with Crippen LogP contribution in [0.3, 0.4) is 0 Å². The van der Waals surface area contributed by atoms with Crippen molar-refractivity contribution in [3.63, 3.8) is 0 Å². The van der Waals surface area contributed by atoms with Crippen molar-refractivity contribution in [2.24, 2.45) is 0 Å². The van der Waals surface area contributed by atoms with Gasteiger partial charge in [0.2, 0.25) is 0 Å². The molecule has 0 saturated carbocycles. The van der Waals surface area contributed by atoms with Crippen molar-refractivity contribution in [2.45, 2.75) is 19.0 Å². The monoisotopic (exact) mass is 182 g/mol. The summed E-state index contributed by atoms with van der Waals surface area (Å²) in [7, 11) is 0. The second-order valence-corrected chi connectivity index (χ2v) is 3.46. The summed E-state index contributed by atoms with van der Waals surface area (Å²) in [6.07, 6.45) is 3.16. The van der Waals surface area contributed by atoms with Crippen molar-refractivity contribution >= 4 is 22.9 Å². The number of ketones is 1. The molecule has 0 aromatic carbocycles. The maximum absolute atomic E-state index is 12.9. The van der Waals surface area contributed by atoms with E-state index in [9.17, 15) is 9.18 Å². The van der Waals surface area contributed by atoms with Crippen molar-refractivity contribution in [1.82, 2.24) is 0 Å². The van der Waals surface area contributed by atoms with Crippen LogP contribution in [0.15, 0.2) is 23.3 Å². The Kier molecular flexibility index (Phi) is 1.68. The minimum atomic E-state index is -1.35. The Labute approximate surface area is 75.0 Å². The van der Waals surface area contributed by atoms with Crippen LogP contribution in [-0.2, 0) is 4.79 Å². The lowest BCUT2D eigenvalue weighted by Crippen LogP contribution is -2.15. The summed E-state index contributed by atoms with van der Waals surface area (Å²) in [5.74, 6) is -0.417. The normalized spacial score (nSPS) is 28.2. The minimum Gasteiger partial charge on any atom is -0.291 e. The fourth-order valence-corrected chi connectivity index (χ4v) is 1.91. The Hall–Kier alpha value is -0.830. The van der Waals surface area contributed by atoms with Gasteiger partial charge in [-0.3, -0.25) is 4.79 Å². The third-order valence-corrected chi connectivity index (χ3v) is 2.52. The van der Waals surface area contributed by atoms with E-state index in [0.717, 1.165) is 5.57 Å². The number of halogens is 1. The molecule has 2 aliphatic carbocycles. The van der Waals surface area contributed by atoms with E-state index in [1.165, 1.54) is 0 Å². The van der Waals surface area contributed by atoms with E-state index in [2.05, 4.69) is 0 Å². The molecule has 0 bridgehead atoms. The third kappa shape index (κ3) is 0.966. The molecule has 0 spiro atoms. The molecule has 0 aliphatic heterocycles. The molecule has 12 heavy (non-hydrogen) atoms. The van der Waals surface area contributed by atoms with Crippen LogP contribution in [0, 0.1) is 0 Å². The SMILES string of the molecule is O=C1C2=C(C=CCC2=S)CC1F. The standard InChI is InChI=1S/C9H7FOS/c10-6-4-5-2-1-3-7(12)8(5)9(6)11/h1-2,6H,3-4H2. The molecule has 0 aromatic rings. The highest BCUT2D eigenvalue weighted by atomic mass is 32.1. The van der Waals surface area contributed by atoms with Gasteiger partial charge < -0.3 is 0 Å². The van der Waals surface area contributed by atoms with Gasteiger partial charge in [0.05, 0.1) is 0 Å². The van der Waals surface area contributed by atoms with Crippen molar-refractivity contribution in [3.8, 4) is 0 Å². The fourth-order valence-electron chi connectivity index (χ4n) is 1.58. The van der Waals surface area contributed by atoms with Crippen LogP contribution >= 0.6 is 12.2 Å². The van der Waals surface area contributed by atoms with Gasteiger partial charge in [0, 0.05) is 23.3 Å². The van der Waals surface area contributed by atoms with Crippen LogP contribution in [0.4, 0.5) is 4.39 Å². The zero-order valence-electron chi connectivity index (χ0n) is 6.34. The van der Waals surface area contributed by atoms with Crippen LogP contribution < -0.4 is 0 Å². The molecule has 0 heterocycles. The predicted octanol–water partition coefficient (Wildman–Crippen LogP) is 1.92. The summed E-state index contributed by atoms with van der Waals surface area (Å²) < 4.78 is 12.9. The highest BCUT2D eigenvalue weighted by molar-refractivity contribution is 7.81. The highest BCUT2D eigenvalue weighted by Gasteiger charge is 2.34.